The number of fused-ring (bicyclic) bond motifs is 1. The van der Waals surface area contributed by atoms with Crippen molar-refractivity contribution < 1.29 is 22.8 Å². The van der Waals surface area contributed by atoms with Crippen molar-refractivity contribution in [2.45, 2.75) is 6.18 Å². The Morgan fingerprint density at radius 3 is 2.09 bits per heavy atom. The van der Waals surface area contributed by atoms with E-state index in [0.717, 1.165) is 12.3 Å². The summed E-state index contributed by atoms with van der Waals surface area (Å²) in [5.41, 5.74) is -1.04. The molecular weight excluding hydrogens is 365 g/mol. The largest absolute Gasteiger partial charge is 0.420 e. The number of aromatic nitrogens is 1. The predicted octanol–water partition coefficient (Wildman–Crippen LogP) is 3.66. The molecule has 8 heteroatoms. The van der Waals surface area contributed by atoms with Gasteiger partial charge in [0.15, 0.2) is 5.82 Å². The quantitative estimate of drug-likeness (QED) is 0.719. The molecule has 0 atom stereocenters. The van der Waals surface area contributed by atoms with Crippen LogP contribution in [0, 0.1) is 0 Å². The molecule has 0 aliphatic carbocycles. The Bertz CT molecular complexity index is 770. The van der Waals surface area contributed by atoms with E-state index in [1.165, 1.54) is 24.3 Å². The van der Waals surface area contributed by atoms with Gasteiger partial charge >= 0.3 is 6.18 Å². The van der Waals surface area contributed by atoms with E-state index in [0.29, 0.717) is 4.90 Å². The van der Waals surface area contributed by atoms with Gasteiger partial charge in [0.05, 0.1) is 11.1 Å². The molecule has 2 amide bonds. The van der Waals surface area contributed by atoms with Gasteiger partial charge in [0, 0.05) is 10.7 Å². The third-order valence-electron chi connectivity index (χ3n) is 3.14. The molecule has 0 saturated carbocycles. The highest BCUT2D eigenvalue weighted by Gasteiger charge is 2.43. The highest BCUT2D eigenvalue weighted by molar-refractivity contribution is 9.10. The standard InChI is InChI=1S/C14H6BrF3N2O2/c15-7-5-10(14(16,17)18)11(19-6-7)20-12(21)8-3-1-2-4-9(8)13(20)22/h1-6H. The molecule has 1 aromatic carbocycles. The number of anilines is 1. The highest BCUT2D eigenvalue weighted by Crippen LogP contribution is 2.39. The Hall–Kier alpha value is -2.22. The van der Waals surface area contributed by atoms with Crippen LogP contribution in [-0.4, -0.2) is 16.8 Å². The van der Waals surface area contributed by atoms with E-state index in [-0.39, 0.29) is 15.6 Å². The van der Waals surface area contributed by atoms with E-state index in [2.05, 4.69) is 20.9 Å². The van der Waals surface area contributed by atoms with Crippen LogP contribution in [0.4, 0.5) is 19.0 Å². The molecule has 0 saturated heterocycles. The SMILES string of the molecule is O=C1c2ccccc2C(=O)N1c1ncc(Br)cc1C(F)(F)F. The van der Waals surface area contributed by atoms with Crippen molar-refractivity contribution in [1.29, 1.82) is 0 Å². The summed E-state index contributed by atoms with van der Waals surface area (Å²) < 4.78 is 39.6. The number of pyridine rings is 1. The zero-order valence-electron chi connectivity index (χ0n) is 10.7. The second-order valence-electron chi connectivity index (χ2n) is 4.51. The molecule has 2 heterocycles. The van der Waals surface area contributed by atoms with Crippen LogP contribution in [0.1, 0.15) is 26.3 Å². The van der Waals surface area contributed by atoms with Crippen LogP contribution in [0.15, 0.2) is 41.0 Å². The maximum absolute atomic E-state index is 13.2. The van der Waals surface area contributed by atoms with E-state index >= 15 is 0 Å². The number of imide groups is 1. The van der Waals surface area contributed by atoms with Crippen molar-refractivity contribution in [1.82, 2.24) is 4.98 Å². The number of alkyl halides is 3. The molecule has 1 aromatic heterocycles. The Morgan fingerprint density at radius 1 is 1.05 bits per heavy atom. The third-order valence-corrected chi connectivity index (χ3v) is 3.58. The lowest BCUT2D eigenvalue weighted by Crippen LogP contribution is -2.32. The van der Waals surface area contributed by atoms with E-state index in [1.807, 2.05) is 0 Å². The van der Waals surface area contributed by atoms with Gasteiger partial charge in [-0.15, -0.1) is 0 Å². The second kappa shape index (κ2) is 4.91. The molecule has 1 aliphatic heterocycles. The van der Waals surface area contributed by atoms with Crippen molar-refractivity contribution in [3.63, 3.8) is 0 Å². The van der Waals surface area contributed by atoms with E-state index in [4.69, 9.17) is 0 Å². The molecule has 4 nitrogen and oxygen atoms in total. The average Bonchev–Trinajstić information content (AvgIpc) is 2.71. The summed E-state index contributed by atoms with van der Waals surface area (Å²) in [5.74, 6) is -2.36. The number of carbonyl (C=O) groups is 2. The van der Waals surface area contributed by atoms with Gasteiger partial charge in [-0.25, -0.2) is 9.88 Å². The fraction of sp³-hybridized carbons (Fsp3) is 0.0714. The maximum atomic E-state index is 13.2. The molecular formula is C14H6BrF3N2O2. The normalized spacial score (nSPS) is 14.5. The summed E-state index contributed by atoms with van der Waals surface area (Å²) in [7, 11) is 0. The molecule has 2 aromatic rings. The van der Waals surface area contributed by atoms with Crippen LogP contribution < -0.4 is 4.90 Å². The highest BCUT2D eigenvalue weighted by atomic mass is 79.9. The van der Waals surface area contributed by atoms with E-state index < -0.39 is 29.4 Å². The molecule has 0 N–H and O–H groups in total. The van der Waals surface area contributed by atoms with Gasteiger partial charge in [-0.2, -0.15) is 13.2 Å². The molecule has 3 rings (SSSR count). The summed E-state index contributed by atoms with van der Waals surface area (Å²) in [6, 6.07) is 6.63. The summed E-state index contributed by atoms with van der Waals surface area (Å²) in [5, 5.41) is 0. The first-order valence-corrected chi connectivity index (χ1v) is 6.80. The fourth-order valence-corrected chi connectivity index (χ4v) is 2.53. The van der Waals surface area contributed by atoms with E-state index in [1.54, 1.807) is 0 Å². The number of rotatable bonds is 1. The van der Waals surface area contributed by atoms with Crippen LogP contribution in [0.2, 0.25) is 0 Å². The number of benzene rings is 1. The molecule has 0 spiro atoms. The topological polar surface area (TPSA) is 50.3 Å². The Balaban J connectivity index is 2.19. The van der Waals surface area contributed by atoms with Crippen LogP contribution in [0.25, 0.3) is 0 Å². The Morgan fingerprint density at radius 2 is 1.59 bits per heavy atom. The van der Waals surface area contributed by atoms with Gasteiger partial charge in [-0.3, -0.25) is 9.59 Å². The lowest BCUT2D eigenvalue weighted by atomic mass is 10.1. The van der Waals surface area contributed by atoms with Crippen LogP contribution in [-0.2, 0) is 6.18 Å². The zero-order chi connectivity index (χ0) is 16.1. The first kappa shape index (κ1) is 14.7. The van der Waals surface area contributed by atoms with Crippen molar-refractivity contribution in [3.05, 3.63) is 57.7 Å². The van der Waals surface area contributed by atoms with Crippen LogP contribution in [0.5, 0.6) is 0 Å². The molecule has 0 fully saturated rings. The minimum atomic E-state index is -4.75. The minimum Gasteiger partial charge on any atom is -0.268 e. The fourth-order valence-electron chi connectivity index (χ4n) is 2.20. The number of halogens is 4. The summed E-state index contributed by atoms with van der Waals surface area (Å²) in [6.45, 7) is 0. The minimum absolute atomic E-state index is 0.0605. The van der Waals surface area contributed by atoms with Crippen molar-refractivity contribution >= 4 is 33.6 Å². The van der Waals surface area contributed by atoms with Gasteiger partial charge in [0.25, 0.3) is 11.8 Å². The van der Waals surface area contributed by atoms with Gasteiger partial charge in [-0.05, 0) is 34.1 Å². The van der Waals surface area contributed by atoms with Crippen LogP contribution in [0.3, 0.4) is 0 Å². The summed E-state index contributed by atoms with van der Waals surface area (Å²) >= 11 is 2.91. The smallest absolute Gasteiger partial charge is 0.268 e. The second-order valence-corrected chi connectivity index (χ2v) is 5.43. The number of carbonyl (C=O) groups excluding carboxylic acids is 2. The van der Waals surface area contributed by atoms with Gasteiger partial charge in [0.1, 0.15) is 5.56 Å². The lowest BCUT2D eigenvalue weighted by Gasteiger charge is -2.18. The summed E-state index contributed by atoms with van der Waals surface area (Å²) in [6.07, 6.45) is -3.64. The maximum Gasteiger partial charge on any atom is 0.420 e. The van der Waals surface area contributed by atoms with Gasteiger partial charge < -0.3 is 0 Å². The zero-order valence-corrected chi connectivity index (χ0v) is 12.3. The number of amides is 2. The van der Waals surface area contributed by atoms with Crippen LogP contribution >= 0.6 is 15.9 Å². The lowest BCUT2D eigenvalue weighted by molar-refractivity contribution is -0.137. The first-order valence-electron chi connectivity index (χ1n) is 6.01. The molecule has 0 bridgehead atoms. The van der Waals surface area contributed by atoms with Crippen molar-refractivity contribution in [2.24, 2.45) is 0 Å². The van der Waals surface area contributed by atoms with Gasteiger partial charge in [-0.1, -0.05) is 12.1 Å². The molecule has 22 heavy (non-hydrogen) atoms. The molecule has 0 unspecified atom stereocenters. The Labute approximate surface area is 130 Å². The number of hydrogen-bond acceptors (Lipinski definition) is 3. The van der Waals surface area contributed by atoms with Crippen molar-refractivity contribution in [2.75, 3.05) is 4.90 Å². The summed E-state index contributed by atoms with van der Waals surface area (Å²) in [4.78, 5) is 28.6. The third kappa shape index (κ3) is 2.19. The first-order chi connectivity index (χ1) is 10.3. The predicted molar refractivity (Wildman–Crippen MR) is 74.5 cm³/mol. The number of hydrogen-bond donors (Lipinski definition) is 0. The number of nitrogens with zero attached hydrogens (tertiary/aromatic N) is 2. The Kier molecular flexibility index (Phi) is 3.28. The molecule has 112 valence electrons. The molecule has 0 radical (unpaired) electrons. The average molecular weight is 371 g/mol. The van der Waals surface area contributed by atoms with Crippen molar-refractivity contribution in [3.8, 4) is 0 Å². The molecule has 1 aliphatic rings. The van der Waals surface area contributed by atoms with Gasteiger partial charge in [0.2, 0.25) is 0 Å². The van der Waals surface area contributed by atoms with E-state index in [9.17, 15) is 22.8 Å². The monoisotopic (exact) mass is 370 g/mol.